The third kappa shape index (κ3) is 2.86. The lowest BCUT2D eigenvalue weighted by Gasteiger charge is -2.38. The van der Waals surface area contributed by atoms with Gasteiger partial charge in [0.15, 0.2) is 0 Å². The molecule has 4 heteroatoms. The molecule has 2 heterocycles. The molecule has 0 spiro atoms. The molecule has 1 unspecified atom stereocenters. The van der Waals surface area contributed by atoms with Crippen molar-refractivity contribution in [3.8, 4) is 0 Å². The second-order valence-electron chi connectivity index (χ2n) is 6.05. The van der Waals surface area contributed by atoms with Crippen LogP contribution >= 0.6 is 0 Å². The fourth-order valence-corrected chi connectivity index (χ4v) is 3.09. The van der Waals surface area contributed by atoms with Crippen molar-refractivity contribution in [2.75, 3.05) is 26.7 Å². The summed E-state index contributed by atoms with van der Waals surface area (Å²) >= 11 is 0. The van der Waals surface area contributed by atoms with Crippen LogP contribution in [0.5, 0.6) is 0 Å². The van der Waals surface area contributed by atoms with Crippen molar-refractivity contribution in [1.29, 1.82) is 0 Å². The second-order valence-corrected chi connectivity index (χ2v) is 6.05. The first-order chi connectivity index (χ1) is 8.54. The fourth-order valence-electron chi connectivity index (χ4n) is 3.09. The summed E-state index contributed by atoms with van der Waals surface area (Å²) in [6, 6.07) is 0.692. The van der Waals surface area contributed by atoms with Crippen LogP contribution in [-0.4, -0.2) is 49.2 Å². The lowest BCUT2D eigenvalue weighted by Crippen LogP contribution is -2.50. The van der Waals surface area contributed by atoms with Gasteiger partial charge in [-0.15, -0.1) is 0 Å². The van der Waals surface area contributed by atoms with E-state index in [1.165, 1.54) is 19.4 Å². The van der Waals surface area contributed by atoms with Gasteiger partial charge < -0.3 is 15.0 Å². The van der Waals surface area contributed by atoms with E-state index in [2.05, 4.69) is 5.32 Å². The van der Waals surface area contributed by atoms with Gasteiger partial charge in [0.2, 0.25) is 0 Å². The molecular formula is C14H26N2O2. The minimum Gasteiger partial charge on any atom is -0.369 e. The molecule has 0 aromatic heterocycles. The Morgan fingerprint density at radius 3 is 2.44 bits per heavy atom. The monoisotopic (exact) mass is 254 g/mol. The Bertz CT molecular complexity index is 290. The van der Waals surface area contributed by atoms with Crippen molar-refractivity contribution < 1.29 is 9.53 Å². The zero-order valence-corrected chi connectivity index (χ0v) is 11.9. The Hall–Kier alpha value is -0.610. The van der Waals surface area contributed by atoms with E-state index >= 15 is 0 Å². The SMILES string of the molecule is COC(C)(C)C(=O)N1CCC(C2CCCN2)CC1. The van der Waals surface area contributed by atoms with Crippen LogP contribution in [0.2, 0.25) is 0 Å². The van der Waals surface area contributed by atoms with Crippen molar-refractivity contribution >= 4 is 5.91 Å². The molecule has 1 amide bonds. The highest BCUT2D eigenvalue weighted by atomic mass is 16.5. The first-order valence-corrected chi connectivity index (χ1v) is 7.12. The quantitative estimate of drug-likeness (QED) is 0.828. The van der Waals surface area contributed by atoms with Gasteiger partial charge >= 0.3 is 0 Å². The van der Waals surface area contributed by atoms with Gasteiger partial charge in [-0.3, -0.25) is 4.79 Å². The number of piperidine rings is 1. The van der Waals surface area contributed by atoms with Gasteiger partial charge in [0.1, 0.15) is 5.60 Å². The smallest absolute Gasteiger partial charge is 0.254 e. The molecule has 104 valence electrons. The number of ether oxygens (including phenoxy) is 1. The van der Waals surface area contributed by atoms with E-state index < -0.39 is 5.60 Å². The van der Waals surface area contributed by atoms with Gasteiger partial charge in [-0.1, -0.05) is 0 Å². The number of carbonyl (C=O) groups excluding carboxylic acids is 1. The van der Waals surface area contributed by atoms with Crippen LogP contribution in [0.25, 0.3) is 0 Å². The third-order valence-electron chi connectivity index (χ3n) is 4.52. The molecule has 0 saturated carbocycles. The van der Waals surface area contributed by atoms with Crippen LogP contribution in [0.3, 0.4) is 0 Å². The van der Waals surface area contributed by atoms with Crippen molar-refractivity contribution in [3.63, 3.8) is 0 Å². The Balaban J connectivity index is 1.84. The van der Waals surface area contributed by atoms with Gasteiger partial charge in [0, 0.05) is 26.2 Å². The number of nitrogens with zero attached hydrogens (tertiary/aromatic N) is 1. The van der Waals surface area contributed by atoms with Gasteiger partial charge in [-0.05, 0) is 52.0 Å². The van der Waals surface area contributed by atoms with E-state index in [-0.39, 0.29) is 5.91 Å². The van der Waals surface area contributed by atoms with Gasteiger partial charge in [0.25, 0.3) is 5.91 Å². The van der Waals surface area contributed by atoms with Crippen LogP contribution < -0.4 is 5.32 Å². The van der Waals surface area contributed by atoms with Crippen molar-refractivity contribution in [2.24, 2.45) is 5.92 Å². The molecule has 2 fully saturated rings. The number of nitrogens with one attached hydrogen (secondary N) is 1. The zero-order chi connectivity index (χ0) is 13.2. The van der Waals surface area contributed by atoms with E-state index in [0.717, 1.165) is 31.8 Å². The van der Waals surface area contributed by atoms with Crippen LogP contribution in [0.15, 0.2) is 0 Å². The predicted molar refractivity (Wildman–Crippen MR) is 71.4 cm³/mol. The lowest BCUT2D eigenvalue weighted by molar-refractivity contribution is -0.152. The largest absolute Gasteiger partial charge is 0.369 e. The normalized spacial score (nSPS) is 26.6. The highest BCUT2D eigenvalue weighted by Gasteiger charge is 2.35. The number of carbonyl (C=O) groups is 1. The minimum atomic E-state index is -0.682. The van der Waals surface area contributed by atoms with Gasteiger partial charge in [-0.2, -0.15) is 0 Å². The van der Waals surface area contributed by atoms with Crippen molar-refractivity contribution in [1.82, 2.24) is 10.2 Å². The average Bonchev–Trinajstić information content (AvgIpc) is 2.92. The topological polar surface area (TPSA) is 41.6 Å². The Labute approximate surface area is 110 Å². The number of methoxy groups -OCH3 is 1. The van der Waals surface area contributed by atoms with E-state index in [1.807, 2.05) is 18.7 Å². The van der Waals surface area contributed by atoms with Gasteiger partial charge in [-0.25, -0.2) is 0 Å². The lowest BCUT2D eigenvalue weighted by atomic mass is 9.88. The minimum absolute atomic E-state index is 0.128. The van der Waals surface area contributed by atoms with E-state index in [0.29, 0.717) is 6.04 Å². The Morgan fingerprint density at radius 2 is 1.94 bits per heavy atom. The summed E-state index contributed by atoms with van der Waals surface area (Å²) in [6.07, 6.45) is 4.87. The van der Waals surface area contributed by atoms with Crippen molar-refractivity contribution in [2.45, 2.75) is 51.2 Å². The van der Waals surface area contributed by atoms with Crippen LogP contribution in [0, 0.1) is 5.92 Å². The summed E-state index contributed by atoms with van der Waals surface area (Å²) in [5.41, 5.74) is -0.682. The number of hydrogen-bond donors (Lipinski definition) is 1. The van der Waals surface area contributed by atoms with Crippen molar-refractivity contribution in [3.05, 3.63) is 0 Å². The van der Waals surface area contributed by atoms with Crippen LogP contribution in [0.4, 0.5) is 0 Å². The number of hydrogen-bond acceptors (Lipinski definition) is 3. The first-order valence-electron chi connectivity index (χ1n) is 7.12. The first kappa shape index (κ1) is 13.8. The summed E-state index contributed by atoms with van der Waals surface area (Å²) in [7, 11) is 1.60. The summed E-state index contributed by atoms with van der Waals surface area (Å²) in [4.78, 5) is 14.2. The maximum atomic E-state index is 12.3. The molecule has 0 bridgehead atoms. The van der Waals surface area contributed by atoms with Crippen LogP contribution in [0.1, 0.15) is 39.5 Å². The van der Waals surface area contributed by atoms with E-state index in [1.54, 1.807) is 7.11 Å². The second kappa shape index (κ2) is 5.57. The van der Waals surface area contributed by atoms with Gasteiger partial charge in [0.05, 0.1) is 0 Å². The molecule has 1 N–H and O–H groups in total. The molecule has 0 aliphatic carbocycles. The Kier molecular flexibility index (Phi) is 4.28. The molecule has 1 atom stereocenters. The Morgan fingerprint density at radius 1 is 1.28 bits per heavy atom. The molecular weight excluding hydrogens is 228 g/mol. The summed E-state index contributed by atoms with van der Waals surface area (Å²) < 4.78 is 5.28. The average molecular weight is 254 g/mol. The van der Waals surface area contributed by atoms with Crippen LogP contribution in [-0.2, 0) is 9.53 Å². The van der Waals surface area contributed by atoms with E-state index in [9.17, 15) is 4.79 Å². The maximum Gasteiger partial charge on any atom is 0.254 e. The molecule has 0 aromatic carbocycles. The predicted octanol–water partition coefficient (Wildman–Crippen LogP) is 1.40. The molecule has 18 heavy (non-hydrogen) atoms. The third-order valence-corrected chi connectivity index (χ3v) is 4.52. The number of amides is 1. The molecule has 0 radical (unpaired) electrons. The maximum absolute atomic E-state index is 12.3. The summed E-state index contributed by atoms with van der Waals surface area (Å²) in [5.74, 6) is 0.880. The molecule has 2 saturated heterocycles. The highest BCUT2D eigenvalue weighted by molar-refractivity contribution is 5.84. The zero-order valence-electron chi connectivity index (χ0n) is 11.9. The summed E-state index contributed by atoms with van der Waals surface area (Å²) in [5, 5.41) is 3.58. The molecule has 2 rings (SSSR count). The number of likely N-dealkylation sites (tertiary alicyclic amines) is 1. The highest BCUT2D eigenvalue weighted by Crippen LogP contribution is 2.27. The summed E-state index contributed by atoms with van der Waals surface area (Å²) in [6.45, 7) is 6.63. The molecule has 2 aliphatic rings. The molecule has 4 nitrogen and oxygen atoms in total. The molecule has 0 aromatic rings. The van der Waals surface area contributed by atoms with E-state index in [4.69, 9.17) is 4.74 Å². The molecule has 2 aliphatic heterocycles. The number of rotatable bonds is 3. The fraction of sp³-hybridized carbons (Fsp3) is 0.929. The standard InChI is InChI=1S/C14H26N2O2/c1-14(2,18-3)13(17)16-9-6-11(7-10-16)12-5-4-8-15-12/h11-12,15H,4-10H2,1-3H3.